The first-order valence-corrected chi connectivity index (χ1v) is 2.43. The van der Waals surface area contributed by atoms with Crippen molar-refractivity contribution in [3.8, 4) is 0 Å². The van der Waals surface area contributed by atoms with Gasteiger partial charge in [-0.2, -0.15) is 0 Å². The molecule has 1 nitrogen and oxygen atoms in total. The van der Waals surface area contributed by atoms with Crippen molar-refractivity contribution in [2.75, 3.05) is 7.11 Å². The van der Waals surface area contributed by atoms with Gasteiger partial charge in [-0.15, -0.1) is 5.73 Å². The fraction of sp³-hybridized carbons (Fsp3) is 0.143. The van der Waals surface area contributed by atoms with Crippen molar-refractivity contribution in [2.45, 2.75) is 0 Å². The summed E-state index contributed by atoms with van der Waals surface area (Å²) in [6, 6.07) is 0. The van der Waals surface area contributed by atoms with E-state index in [1.165, 1.54) is 0 Å². The van der Waals surface area contributed by atoms with Crippen LogP contribution in [0.5, 0.6) is 0 Å². The number of ether oxygens (including phenoxy) is 1. The summed E-state index contributed by atoms with van der Waals surface area (Å²) >= 11 is 0. The summed E-state index contributed by atoms with van der Waals surface area (Å²) in [6.07, 6.45) is 7.36. The normalized spacial score (nSPS) is 12.7. The van der Waals surface area contributed by atoms with Crippen molar-refractivity contribution in [3.63, 3.8) is 0 Å². The summed E-state index contributed by atoms with van der Waals surface area (Å²) in [7, 11) is 1.65. The van der Waals surface area contributed by atoms with E-state index in [9.17, 15) is 0 Å². The smallest absolute Gasteiger partial charge is 0.105 e. The van der Waals surface area contributed by atoms with Crippen molar-refractivity contribution in [1.82, 2.24) is 0 Å². The number of rotatable bonds is 1. The molecule has 3 heteroatoms. The van der Waals surface area contributed by atoms with Crippen LogP contribution in [0.3, 0.4) is 0 Å². The zero-order valence-corrected chi connectivity index (χ0v) is 7.99. The molecule has 0 aromatic rings. The van der Waals surface area contributed by atoms with Gasteiger partial charge in [0.05, 0.1) is 13.5 Å². The Morgan fingerprint density at radius 2 is 2.10 bits per heavy atom. The van der Waals surface area contributed by atoms with Crippen LogP contribution < -0.4 is 17.0 Å². The molecule has 0 fully saturated rings. The van der Waals surface area contributed by atoms with Gasteiger partial charge < -0.3 is 21.7 Å². The maximum atomic E-state index is 4.89. The second-order valence-corrected chi connectivity index (χ2v) is 1.44. The van der Waals surface area contributed by atoms with Gasteiger partial charge in [0.1, 0.15) is 5.76 Å². The number of halogens is 1. The van der Waals surface area contributed by atoms with Crippen LogP contribution in [-0.2, 0) is 21.2 Å². The molecule has 0 heterocycles. The average molecular weight is 246 g/mol. The van der Waals surface area contributed by atoms with E-state index >= 15 is 0 Å². The number of allylic oxidation sites excluding steroid dienone is 2. The van der Waals surface area contributed by atoms with Crippen LogP contribution in [0.4, 0.5) is 0 Å². The number of hydrogen-bond acceptors (Lipinski definition) is 1. The Kier molecular flexibility index (Phi) is 9.06. The van der Waals surface area contributed by atoms with E-state index in [0.717, 1.165) is 5.76 Å². The summed E-state index contributed by atoms with van der Waals surface area (Å²) in [5.41, 5.74) is 2.89. The molecule has 0 bridgehead atoms. The predicted octanol–water partition coefficient (Wildman–Crippen LogP) is -1.55. The molecule has 59 valence electrons. The number of hydrogen-bond donors (Lipinski definition) is 0. The van der Waals surface area contributed by atoms with Gasteiger partial charge >= 0.3 is 0 Å². The quantitative estimate of drug-likeness (QED) is 0.402. The van der Waals surface area contributed by atoms with Crippen molar-refractivity contribution < 1.29 is 38.2 Å². The Morgan fingerprint density at radius 3 is 2.40 bits per heavy atom. The average Bonchev–Trinajstić information content (AvgIpc) is 1.90. The molecule has 0 amide bonds. The van der Waals surface area contributed by atoms with Crippen LogP contribution >= 0.6 is 0 Å². The van der Waals surface area contributed by atoms with Crippen LogP contribution in [0, 0.1) is 6.42 Å². The Labute approximate surface area is 81.5 Å². The van der Waals surface area contributed by atoms with Gasteiger partial charge in [-0.1, -0.05) is 0 Å². The van der Waals surface area contributed by atoms with Crippen LogP contribution in [0.1, 0.15) is 0 Å². The molecular weight excluding hydrogens is 239 g/mol. The third kappa shape index (κ3) is 3.95. The Bertz CT molecular complexity index is 168. The minimum absolute atomic E-state index is 0. The molecule has 10 heavy (non-hydrogen) atoms. The maximum absolute atomic E-state index is 4.89. The van der Waals surface area contributed by atoms with Crippen molar-refractivity contribution in [1.29, 1.82) is 0 Å². The molecule has 0 unspecified atom stereocenters. The molecule has 1 rings (SSSR count). The molecule has 0 aromatic heterocycles. The van der Waals surface area contributed by atoms with Gasteiger partial charge in [-0.25, -0.2) is 0 Å². The van der Waals surface area contributed by atoms with Crippen LogP contribution in [0.25, 0.3) is 0 Å². The molecule has 0 aromatic carbocycles. The van der Waals surface area contributed by atoms with E-state index in [1.54, 1.807) is 7.11 Å². The largest absolute Gasteiger partial charge is 1.00 e. The molecule has 1 aliphatic carbocycles. The molecule has 0 saturated carbocycles. The van der Waals surface area contributed by atoms with E-state index in [1.807, 2.05) is 24.6 Å². The molecular formula is C7H7BrNiO-. The van der Waals surface area contributed by atoms with Gasteiger partial charge in [-0.05, 0) is 18.2 Å². The maximum Gasteiger partial charge on any atom is 0.105 e. The summed E-state index contributed by atoms with van der Waals surface area (Å²) < 4.78 is 4.89. The standard InChI is InChI=1S/C7H7O.BrH.Ni/c1-8-7-5-3-2-4-6-7;;/h3-6H,1H3;1H;/p-1. The Balaban J connectivity index is 0. The van der Waals surface area contributed by atoms with E-state index in [-0.39, 0.29) is 33.5 Å². The third-order valence-electron chi connectivity index (χ3n) is 0.923. The first-order valence-electron chi connectivity index (χ1n) is 2.43. The van der Waals surface area contributed by atoms with Crippen molar-refractivity contribution >= 4 is 0 Å². The topological polar surface area (TPSA) is 9.23 Å². The Hall–Kier alpha value is 0.0335. The van der Waals surface area contributed by atoms with Crippen LogP contribution in [0.2, 0.25) is 0 Å². The van der Waals surface area contributed by atoms with E-state index in [2.05, 4.69) is 5.73 Å². The fourth-order valence-corrected chi connectivity index (χ4v) is 0.508. The monoisotopic (exact) mass is 244 g/mol. The van der Waals surface area contributed by atoms with E-state index in [0.29, 0.717) is 0 Å². The van der Waals surface area contributed by atoms with Gasteiger partial charge in [0, 0.05) is 16.5 Å². The van der Waals surface area contributed by atoms with E-state index in [4.69, 9.17) is 4.74 Å². The van der Waals surface area contributed by atoms with Gasteiger partial charge in [0.15, 0.2) is 0 Å². The first kappa shape index (κ1) is 12.7. The van der Waals surface area contributed by atoms with Crippen LogP contribution in [0.15, 0.2) is 29.7 Å². The molecule has 0 saturated heterocycles. The van der Waals surface area contributed by atoms with Crippen molar-refractivity contribution in [2.24, 2.45) is 0 Å². The summed E-state index contributed by atoms with van der Waals surface area (Å²) in [5, 5.41) is 0. The minimum atomic E-state index is 0. The van der Waals surface area contributed by atoms with Crippen molar-refractivity contribution in [3.05, 3.63) is 36.1 Å². The zero-order valence-electron chi connectivity index (χ0n) is 5.41. The van der Waals surface area contributed by atoms with Gasteiger partial charge in [0.2, 0.25) is 0 Å². The second kappa shape index (κ2) is 7.14. The minimum Gasteiger partial charge on any atom is -1.00 e. The SMILES string of the molecule is COC1=CC=C=C[CH]1.[Br-].[Ni]. The first-order chi connectivity index (χ1) is 3.93. The predicted molar refractivity (Wildman–Crippen MR) is 32.0 cm³/mol. The van der Waals surface area contributed by atoms with E-state index < -0.39 is 0 Å². The summed E-state index contributed by atoms with van der Waals surface area (Å²) in [4.78, 5) is 0. The molecule has 1 aliphatic rings. The molecule has 1 radical (unpaired) electrons. The molecule has 0 spiro atoms. The third-order valence-corrected chi connectivity index (χ3v) is 0.923. The second-order valence-electron chi connectivity index (χ2n) is 1.44. The zero-order chi connectivity index (χ0) is 5.82. The number of methoxy groups -OCH3 is 1. The molecule has 0 N–H and O–H groups in total. The summed E-state index contributed by atoms with van der Waals surface area (Å²) in [6.45, 7) is 0. The fourth-order valence-electron chi connectivity index (χ4n) is 0.508. The summed E-state index contributed by atoms with van der Waals surface area (Å²) in [5.74, 6) is 0.878. The van der Waals surface area contributed by atoms with Gasteiger partial charge in [-0.3, -0.25) is 0 Å². The Morgan fingerprint density at radius 1 is 1.40 bits per heavy atom. The molecule has 0 aliphatic heterocycles. The molecule has 0 atom stereocenters. The van der Waals surface area contributed by atoms with Gasteiger partial charge in [0.25, 0.3) is 0 Å². The van der Waals surface area contributed by atoms with Crippen LogP contribution in [-0.4, -0.2) is 7.11 Å².